The van der Waals surface area contributed by atoms with E-state index in [1.54, 1.807) is 0 Å². The first-order chi connectivity index (χ1) is 8.54. The zero-order valence-corrected chi connectivity index (χ0v) is 11.4. The maximum absolute atomic E-state index is 12.0. The lowest BCUT2D eigenvalue weighted by Crippen LogP contribution is -2.41. The van der Waals surface area contributed by atoms with Crippen molar-refractivity contribution in [3.05, 3.63) is 0 Å². The van der Waals surface area contributed by atoms with Gasteiger partial charge in [-0.1, -0.05) is 0 Å². The van der Waals surface area contributed by atoms with Crippen molar-refractivity contribution in [3.8, 4) is 0 Å². The molecule has 104 valence electrons. The zero-order valence-electron chi connectivity index (χ0n) is 10.5. The number of nitrogens with zero attached hydrogens (tertiary/aromatic N) is 2. The minimum absolute atomic E-state index is 0.0325. The fraction of sp³-hybridized carbons (Fsp3) is 0.909. The van der Waals surface area contributed by atoms with Gasteiger partial charge in [-0.15, -0.1) is 0 Å². The Morgan fingerprint density at radius 1 is 1.28 bits per heavy atom. The van der Waals surface area contributed by atoms with Gasteiger partial charge in [-0.3, -0.25) is 4.79 Å². The molecular formula is C11H21N3O3S. The minimum Gasteiger partial charge on any atom is -0.338 e. The molecule has 1 amide bonds. The molecule has 0 aromatic heterocycles. The zero-order chi connectivity index (χ0) is 13.2. The molecule has 0 spiro atoms. The number of likely N-dealkylation sites (tertiary alicyclic amines) is 1. The van der Waals surface area contributed by atoms with Gasteiger partial charge in [-0.25, -0.2) is 12.7 Å². The second-order valence-corrected chi connectivity index (χ2v) is 7.03. The SMILES string of the molecule is NCC1CCCN1C(=O)CCN1CCCS1(=O)=O. The summed E-state index contributed by atoms with van der Waals surface area (Å²) in [5.74, 6) is 0.251. The lowest BCUT2D eigenvalue weighted by atomic mass is 10.2. The first-order valence-electron chi connectivity index (χ1n) is 6.52. The third-order valence-corrected chi connectivity index (χ3v) is 5.70. The van der Waals surface area contributed by atoms with E-state index in [2.05, 4.69) is 0 Å². The average Bonchev–Trinajstić information content (AvgIpc) is 2.92. The first-order valence-corrected chi connectivity index (χ1v) is 8.13. The summed E-state index contributed by atoms with van der Waals surface area (Å²) in [7, 11) is -3.09. The number of hydrogen-bond acceptors (Lipinski definition) is 4. The highest BCUT2D eigenvalue weighted by Gasteiger charge is 2.31. The van der Waals surface area contributed by atoms with E-state index in [-0.39, 0.29) is 24.1 Å². The summed E-state index contributed by atoms with van der Waals surface area (Å²) in [5.41, 5.74) is 5.62. The summed E-state index contributed by atoms with van der Waals surface area (Å²) >= 11 is 0. The number of hydrogen-bond donors (Lipinski definition) is 1. The van der Waals surface area contributed by atoms with E-state index in [0.717, 1.165) is 19.4 Å². The molecule has 2 heterocycles. The molecule has 2 aliphatic heterocycles. The van der Waals surface area contributed by atoms with Crippen molar-refractivity contribution in [2.24, 2.45) is 5.73 Å². The Morgan fingerprint density at radius 3 is 2.67 bits per heavy atom. The number of amides is 1. The number of sulfonamides is 1. The van der Waals surface area contributed by atoms with Gasteiger partial charge >= 0.3 is 0 Å². The highest BCUT2D eigenvalue weighted by molar-refractivity contribution is 7.89. The van der Waals surface area contributed by atoms with E-state index < -0.39 is 10.0 Å². The third-order valence-electron chi connectivity index (χ3n) is 3.75. The fourth-order valence-corrected chi connectivity index (χ4v) is 4.24. The maximum atomic E-state index is 12.0. The molecule has 2 saturated heterocycles. The highest BCUT2D eigenvalue weighted by Crippen LogP contribution is 2.18. The average molecular weight is 275 g/mol. The van der Waals surface area contributed by atoms with Crippen molar-refractivity contribution in [2.45, 2.75) is 31.7 Å². The Hall–Kier alpha value is -0.660. The number of nitrogens with two attached hydrogens (primary N) is 1. The van der Waals surface area contributed by atoms with Gasteiger partial charge in [-0.05, 0) is 19.3 Å². The summed E-state index contributed by atoms with van der Waals surface area (Å²) in [4.78, 5) is 13.8. The minimum atomic E-state index is -3.09. The van der Waals surface area contributed by atoms with Crippen molar-refractivity contribution in [1.82, 2.24) is 9.21 Å². The quantitative estimate of drug-likeness (QED) is 0.740. The van der Waals surface area contributed by atoms with Crippen molar-refractivity contribution in [3.63, 3.8) is 0 Å². The second kappa shape index (κ2) is 5.54. The van der Waals surface area contributed by atoms with Gasteiger partial charge in [0.1, 0.15) is 0 Å². The molecule has 6 nitrogen and oxygen atoms in total. The summed E-state index contributed by atoms with van der Waals surface area (Å²) in [6.07, 6.45) is 2.90. The normalized spacial score (nSPS) is 27.8. The topological polar surface area (TPSA) is 83.7 Å². The molecule has 2 N–H and O–H groups in total. The van der Waals surface area contributed by atoms with Crippen LogP contribution < -0.4 is 5.73 Å². The highest BCUT2D eigenvalue weighted by atomic mass is 32.2. The Kier molecular flexibility index (Phi) is 4.24. The van der Waals surface area contributed by atoms with Gasteiger partial charge in [0.05, 0.1) is 5.75 Å². The molecule has 0 aromatic carbocycles. The van der Waals surface area contributed by atoms with Crippen LogP contribution in [0.2, 0.25) is 0 Å². The maximum Gasteiger partial charge on any atom is 0.224 e. The van der Waals surface area contributed by atoms with E-state index >= 15 is 0 Å². The van der Waals surface area contributed by atoms with Crippen LogP contribution in [0, 0.1) is 0 Å². The summed E-state index contributed by atoms with van der Waals surface area (Å²) < 4.78 is 24.6. The van der Waals surface area contributed by atoms with Crippen LogP contribution in [0.3, 0.4) is 0 Å². The van der Waals surface area contributed by atoms with Gasteiger partial charge in [0.15, 0.2) is 0 Å². The molecule has 0 aliphatic carbocycles. The summed E-state index contributed by atoms with van der Waals surface area (Å²) in [6, 6.07) is 0.146. The molecule has 1 unspecified atom stereocenters. The molecule has 1 atom stereocenters. The summed E-state index contributed by atoms with van der Waals surface area (Å²) in [5, 5.41) is 0. The Morgan fingerprint density at radius 2 is 2.06 bits per heavy atom. The van der Waals surface area contributed by atoms with Crippen LogP contribution in [-0.4, -0.2) is 61.5 Å². The van der Waals surface area contributed by atoms with Gasteiger partial charge in [0.2, 0.25) is 15.9 Å². The monoisotopic (exact) mass is 275 g/mol. The molecule has 0 radical (unpaired) electrons. The molecule has 2 fully saturated rings. The largest absolute Gasteiger partial charge is 0.338 e. The molecule has 0 saturated carbocycles. The van der Waals surface area contributed by atoms with Crippen molar-refractivity contribution >= 4 is 15.9 Å². The first kappa shape index (κ1) is 13.8. The standard InChI is InChI=1S/C11H21N3O3S/c12-9-10-3-1-6-14(10)11(15)4-7-13-5-2-8-18(13,16)17/h10H,1-9,12H2. The van der Waals surface area contributed by atoms with Crippen LogP contribution in [0.15, 0.2) is 0 Å². The molecule has 0 bridgehead atoms. The van der Waals surface area contributed by atoms with Crippen molar-refractivity contribution in [2.75, 3.05) is 31.9 Å². The Bertz CT molecular complexity index is 410. The predicted molar refractivity (Wildman–Crippen MR) is 68.4 cm³/mol. The smallest absolute Gasteiger partial charge is 0.224 e. The van der Waals surface area contributed by atoms with Crippen LogP contribution in [0.1, 0.15) is 25.7 Å². The molecule has 7 heteroatoms. The van der Waals surface area contributed by atoms with E-state index in [1.807, 2.05) is 4.90 Å². The van der Waals surface area contributed by atoms with Crippen LogP contribution in [0.5, 0.6) is 0 Å². The van der Waals surface area contributed by atoms with Gasteiger partial charge in [0, 0.05) is 38.6 Å². The van der Waals surface area contributed by atoms with E-state index in [4.69, 9.17) is 5.73 Å². The predicted octanol–water partition coefficient (Wildman–Crippen LogP) is -0.638. The van der Waals surface area contributed by atoms with Gasteiger partial charge < -0.3 is 10.6 Å². The fourth-order valence-electron chi connectivity index (χ4n) is 2.72. The van der Waals surface area contributed by atoms with Gasteiger partial charge in [-0.2, -0.15) is 0 Å². The van der Waals surface area contributed by atoms with E-state index in [9.17, 15) is 13.2 Å². The lowest BCUT2D eigenvalue weighted by Gasteiger charge is -2.24. The van der Waals surface area contributed by atoms with Crippen LogP contribution in [0.25, 0.3) is 0 Å². The molecule has 2 rings (SSSR count). The molecule has 0 aromatic rings. The van der Waals surface area contributed by atoms with Crippen LogP contribution >= 0.6 is 0 Å². The summed E-state index contributed by atoms with van der Waals surface area (Å²) in [6.45, 7) is 2.12. The number of rotatable bonds is 4. The number of carbonyl (C=O) groups is 1. The van der Waals surface area contributed by atoms with Crippen LogP contribution in [0.4, 0.5) is 0 Å². The molecular weight excluding hydrogens is 254 g/mol. The van der Waals surface area contributed by atoms with Gasteiger partial charge in [0.25, 0.3) is 0 Å². The Balaban J connectivity index is 1.85. The van der Waals surface area contributed by atoms with Crippen molar-refractivity contribution < 1.29 is 13.2 Å². The Labute approximate surface area is 108 Å². The van der Waals surface area contributed by atoms with Crippen LogP contribution in [-0.2, 0) is 14.8 Å². The lowest BCUT2D eigenvalue weighted by molar-refractivity contribution is -0.131. The number of carbonyl (C=O) groups excluding carboxylic acids is 1. The van der Waals surface area contributed by atoms with E-state index in [0.29, 0.717) is 26.1 Å². The van der Waals surface area contributed by atoms with Crippen molar-refractivity contribution in [1.29, 1.82) is 0 Å². The second-order valence-electron chi connectivity index (χ2n) is 4.94. The molecule has 18 heavy (non-hydrogen) atoms. The van der Waals surface area contributed by atoms with E-state index in [1.165, 1.54) is 4.31 Å². The third kappa shape index (κ3) is 2.84. The molecule has 2 aliphatic rings.